The molecule has 0 N–H and O–H groups in total. The van der Waals surface area contributed by atoms with Crippen molar-refractivity contribution in [3.8, 4) is 0 Å². The summed E-state index contributed by atoms with van der Waals surface area (Å²) in [5.41, 5.74) is 0. The predicted octanol–water partition coefficient (Wildman–Crippen LogP) is 17.5. The van der Waals surface area contributed by atoms with E-state index in [2.05, 4.69) is 69.4 Å². The average molecular weight is 869 g/mol. The number of esters is 3. The Labute approximate surface area is 384 Å². The highest BCUT2D eigenvalue weighted by Gasteiger charge is 2.19. The van der Waals surface area contributed by atoms with Crippen molar-refractivity contribution in [2.45, 2.75) is 277 Å². The van der Waals surface area contributed by atoms with Gasteiger partial charge in [0.1, 0.15) is 13.2 Å². The highest BCUT2D eigenvalue weighted by Crippen LogP contribution is 2.15. The van der Waals surface area contributed by atoms with E-state index in [-0.39, 0.29) is 31.1 Å². The fourth-order valence-electron chi connectivity index (χ4n) is 7.50. The summed E-state index contributed by atoms with van der Waals surface area (Å²) in [7, 11) is 0. The van der Waals surface area contributed by atoms with Crippen LogP contribution in [0.25, 0.3) is 0 Å². The molecular formula is C56H100O6. The Kier molecular flexibility index (Phi) is 48.8. The van der Waals surface area contributed by atoms with E-state index >= 15 is 0 Å². The molecule has 0 amide bonds. The molecule has 6 nitrogen and oxygen atoms in total. The fraction of sp³-hybridized carbons (Fsp3) is 0.804. The van der Waals surface area contributed by atoms with E-state index in [1.807, 2.05) is 0 Å². The fourth-order valence-corrected chi connectivity index (χ4v) is 7.50. The number of hydrogen-bond acceptors (Lipinski definition) is 6. The first-order valence-corrected chi connectivity index (χ1v) is 26.6. The summed E-state index contributed by atoms with van der Waals surface area (Å²) in [6.07, 6.45) is 60.9. The van der Waals surface area contributed by atoms with Crippen LogP contribution in [0.4, 0.5) is 0 Å². The Morgan fingerprint density at radius 3 is 0.919 bits per heavy atom. The van der Waals surface area contributed by atoms with Crippen LogP contribution in [0.15, 0.2) is 48.6 Å². The van der Waals surface area contributed by atoms with Crippen LogP contribution in [0.5, 0.6) is 0 Å². The molecule has 0 fully saturated rings. The maximum atomic E-state index is 12.8. The largest absolute Gasteiger partial charge is 0.462 e. The molecule has 0 rings (SSSR count). The molecule has 0 aliphatic heterocycles. The van der Waals surface area contributed by atoms with Crippen molar-refractivity contribution in [1.29, 1.82) is 0 Å². The van der Waals surface area contributed by atoms with Gasteiger partial charge in [-0.3, -0.25) is 14.4 Å². The van der Waals surface area contributed by atoms with Gasteiger partial charge >= 0.3 is 17.9 Å². The standard InChI is InChI=1S/C56H100O6/c1-4-7-10-13-16-19-22-24-26-27-28-29-31-32-34-37-40-43-46-49-55(58)61-52-53(51-60-54(57)48-45-42-39-36-21-18-15-12-9-6-3)62-56(59)50-47-44-41-38-35-33-30-25-23-20-17-14-11-8-5-2/h16-17,19-20,24-26,30,53H,4-15,18,21-23,27-29,31-52H2,1-3H3/b19-16-,20-17-,26-24-,30-25-. The number of carbonyl (C=O) groups is 3. The van der Waals surface area contributed by atoms with Gasteiger partial charge in [0, 0.05) is 19.3 Å². The predicted molar refractivity (Wildman–Crippen MR) is 265 cm³/mol. The molecule has 0 aliphatic rings. The quantitative estimate of drug-likeness (QED) is 0.0262. The van der Waals surface area contributed by atoms with Gasteiger partial charge in [-0.25, -0.2) is 0 Å². The van der Waals surface area contributed by atoms with E-state index < -0.39 is 6.10 Å². The van der Waals surface area contributed by atoms with Crippen molar-refractivity contribution >= 4 is 17.9 Å². The minimum atomic E-state index is -0.778. The van der Waals surface area contributed by atoms with Crippen LogP contribution < -0.4 is 0 Å². The molecule has 0 heterocycles. The molecule has 0 aromatic heterocycles. The molecule has 0 saturated heterocycles. The van der Waals surface area contributed by atoms with Gasteiger partial charge in [-0.1, -0.05) is 217 Å². The maximum absolute atomic E-state index is 12.8. The Morgan fingerprint density at radius 1 is 0.323 bits per heavy atom. The second-order valence-corrected chi connectivity index (χ2v) is 17.8. The van der Waals surface area contributed by atoms with Gasteiger partial charge in [-0.15, -0.1) is 0 Å². The molecule has 6 heteroatoms. The van der Waals surface area contributed by atoms with Crippen molar-refractivity contribution < 1.29 is 28.6 Å². The van der Waals surface area contributed by atoms with Gasteiger partial charge in [-0.2, -0.15) is 0 Å². The highest BCUT2D eigenvalue weighted by atomic mass is 16.6. The average Bonchev–Trinajstić information content (AvgIpc) is 3.27. The van der Waals surface area contributed by atoms with Crippen molar-refractivity contribution in [3.05, 3.63) is 48.6 Å². The summed E-state index contributed by atoms with van der Waals surface area (Å²) < 4.78 is 16.8. The zero-order valence-corrected chi connectivity index (χ0v) is 41.1. The van der Waals surface area contributed by atoms with Gasteiger partial charge in [0.25, 0.3) is 0 Å². The van der Waals surface area contributed by atoms with Crippen molar-refractivity contribution in [2.24, 2.45) is 0 Å². The van der Waals surface area contributed by atoms with E-state index in [4.69, 9.17) is 14.2 Å². The topological polar surface area (TPSA) is 78.9 Å². The van der Waals surface area contributed by atoms with E-state index in [0.29, 0.717) is 19.3 Å². The summed E-state index contributed by atoms with van der Waals surface area (Å²) in [6, 6.07) is 0. The Balaban J connectivity index is 4.33. The van der Waals surface area contributed by atoms with Gasteiger partial charge in [0.15, 0.2) is 6.10 Å². The highest BCUT2D eigenvalue weighted by molar-refractivity contribution is 5.71. The third kappa shape index (κ3) is 48.4. The molecule has 0 aromatic rings. The van der Waals surface area contributed by atoms with E-state index in [1.165, 1.54) is 141 Å². The number of ether oxygens (including phenoxy) is 3. The maximum Gasteiger partial charge on any atom is 0.306 e. The van der Waals surface area contributed by atoms with Crippen molar-refractivity contribution in [2.75, 3.05) is 13.2 Å². The summed E-state index contributed by atoms with van der Waals surface area (Å²) in [4.78, 5) is 37.9. The number of rotatable bonds is 48. The van der Waals surface area contributed by atoms with Crippen LogP contribution in [-0.4, -0.2) is 37.2 Å². The van der Waals surface area contributed by atoms with Crippen LogP contribution in [0.2, 0.25) is 0 Å². The summed E-state index contributed by atoms with van der Waals surface area (Å²) in [6.45, 7) is 6.58. The zero-order valence-electron chi connectivity index (χ0n) is 41.1. The van der Waals surface area contributed by atoms with E-state index in [9.17, 15) is 14.4 Å². The Hall–Kier alpha value is -2.63. The molecule has 1 atom stereocenters. The Bertz CT molecular complexity index is 1090. The van der Waals surface area contributed by atoms with Crippen LogP contribution in [0.1, 0.15) is 271 Å². The SMILES string of the molecule is CCCCC/C=C\C/C=C\CCCCCCCCCCCC(=O)OCC(COC(=O)CCCCCCCCCCCC)OC(=O)CCCCCCC/C=C\C/C=C\CCCCC. The number of allylic oxidation sites excluding steroid dienone is 8. The minimum absolute atomic E-state index is 0.0780. The van der Waals surface area contributed by atoms with Crippen molar-refractivity contribution in [1.82, 2.24) is 0 Å². The zero-order chi connectivity index (χ0) is 45.1. The lowest BCUT2D eigenvalue weighted by Crippen LogP contribution is -2.30. The van der Waals surface area contributed by atoms with Gasteiger partial charge in [0.05, 0.1) is 0 Å². The smallest absolute Gasteiger partial charge is 0.306 e. The van der Waals surface area contributed by atoms with Crippen LogP contribution in [-0.2, 0) is 28.6 Å². The molecule has 0 spiro atoms. The summed E-state index contributed by atoms with van der Waals surface area (Å²) in [5, 5.41) is 0. The molecule has 360 valence electrons. The first kappa shape index (κ1) is 59.4. The van der Waals surface area contributed by atoms with Crippen LogP contribution in [0, 0.1) is 0 Å². The second-order valence-electron chi connectivity index (χ2n) is 17.8. The third-order valence-electron chi connectivity index (χ3n) is 11.6. The first-order chi connectivity index (χ1) is 30.5. The Morgan fingerprint density at radius 2 is 0.581 bits per heavy atom. The summed E-state index contributed by atoms with van der Waals surface area (Å²) >= 11 is 0. The molecule has 0 radical (unpaired) electrons. The lowest BCUT2D eigenvalue weighted by atomic mass is 10.1. The van der Waals surface area contributed by atoms with Gasteiger partial charge in [-0.05, 0) is 83.5 Å². The first-order valence-electron chi connectivity index (χ1n) is 26.6. The molecular weight excluding hydrogens is 769 g/mol. The van der Waals surface area contributed by atoms with Crippen molar-refractivity contribution in [3.63, 3.8) is 0 Å². The van der Waals surface area contributed by atoms with Gasteiger partial charge < -0.3 is 14.2 Å². The van der Waals surface area contributed by atoms with E-state index in [0.717, 1.165) is 89.9 Å². The normalized spacial score (nSPS) is 12.4. The molecule has 1 unspecified atom stereocenters. The minimum Gasteiger partial charge on any atom is -0.462 e. The summed E-state index contributed by atoms with van der Waals surface area (Å²) in [5.74, 6) is -0.890. The van der Waals surface area contributed by atoms with Crippen LogP contribution >= 0.6 is 0 Å². The molecule has 0 aliphatic carbocycles. The second kappa shape index (κ2) is 51.0. The number of carbonyl (C=O) groups excluding carboxylic acids is 3. The monoisotopic (exact) mass is 869 g/mol. The lowest BCUT2D eigenvalue weighted by molar-refractivity contribution is -0.167. The number of hydrogen-bond donors (Lipinski definition) is 0. The molecule has 0 bridgehead atoms. The number of unbranched alkanes of at least 4 members (excludes halogenated alkanes) is 29. The van der Waals surface area contributed by atoms with E-state index in [1.54, 1.807) is 0 Å². The molecule has 0 saturated carbocycles. The molecule has 62 heavy (non-hydrogen) atoms. The third-order valence-corrected chi connectivity index (χ3v) is 11.6. The van der Waals surface area contributed by atoms with Crippen LogP contribution in [0.3, 0.4) is 0 Å². The lowest BCUT2D eigenvalue weighted by Gasteiger charge is -2.18. The van der Waals surface area contributed by atoms with Gasteiger partial charge in [0.2, 0.25) is 0 Å². The molecule has 0 aromatic carbocycles.